The Morgan fingerprint density at radius 1 is 1.28 bits per heavy atom. The van der Waals surface area contributed by atoms with Gasteiger partial charge in [0.2, 0.25) is 0 Å². The van der Waals surface area contributed by atoms with Gasteiger partial charge in [-0.2, -0.15) is 0 Å². The van der Waals surface area contributed by atoms with Gasteiger partial charge in [0.25, 0.3) is 5.91 Å². The molecule has 136 valence electrons. The maximum atomic E-state index is 11.7. The van der Waals surface area contributed by atoms with E-state index in [2.05, 4.69) is 32.9 Å². The number of nitrogens with zero attached hydrogens (tertiary/aromatic N) is 2. The molecule has 0 saturated heterocycles. The third-order valence-electron chi connectivity index (χ3n) is 3.46. The van der Waals surface area contributed by atoms with E-state index in [4.69, 9.17) is 0 Å². The lowest BCUT2D eigenvalue weighted by molar-refractivity contribution is 0.0963. The zero-order chi connectivity index (χ0) is 17.4. The maximum absolute atomic E-state index is 11.7. The summed E-state index contributed by atoms with van der Waals surface area (Å²) in [6.45, 7) is 3.35. The van der Waals surface area contributed by atoms with Crippen LogP contribution in [0.25, 0.3) is 0 Å². The third kappa shape index (κ3) is 6.62. The monoisotopic (exact) mass is 473 g/mol. The number of aryl methyl sites for hydroxylation is 1. The lowest BCUT2D eigenvalue weighted by Gasteiger charge is -2.11. The average molecular weight is 473 g/mol. The van der Waals surface area contributed by atoms with Crippen LogP contribution in [0.1, 0.15) is 32.7 Å². The summed E-state index contributed by atoms with van der Waals surface area (Å²) >= 11 is 1.71. The molecule has 0 aliphatic heterocycles. The Balaban J connectivity index is 0.00000312. The van der Waals surface area contributed by atoms with Gasteiger partial charge in [-0.05, 0) is 24.1 Å². The molecule has 0 radical (unpaired) electrons. The highest BCUT2D eigenvalue weighted by atomic mass is 127. The van der Waals surface area contributed by atoms with E-state index in [9.17, 15) is 4.79 Å². The van der Waals surface area contributed by atoms with Crippen molar-refractivity contribution in [3.63, 3.8) is 0 Å². The number of benzene rings is 1. The fraction of sp³-hybridized carbons (Fsp3) is 0.353. The molecule has 0 aliphatic carbocycles. The highest BCUT2D eigenvalue weighted by Gasteiger charge is 2.05. The van der Waals surface area contributed by atoms with Crippen molar-refractivity contribution in [1.82, 2.24) is 20.9 Å². The molecule has 8 heteroatoms. The highest BCUT2D eigenvalue weighted by molar-refractivity contribution is 14.0. The second kappa shape index (κ2) is 11.0. The van der Waals surface area contributed by atoms with Gasteiger partial charge in [0.15, 0.2) is 5.96 Å². The molecule has 2 rings (SSSR count). The lowest BCUT2D eigenvalue weighted by atomic mass is 10.1. The first-order valence-electron chi connectivity index (χ1n) is 7.85. The zero-order valence-electron chi connectivity index (χ0n) is 14.6. The minimum absolute atomic E-state index is 0. The highest BCUT2D eigenvalue weighted by Crippen LogP contribution is 2.12. The molecular formula is C17H24IN5OS. The van der Waals surface area contributed by atoms with Crippen molar-refractivity contribution < 1.29 is 4.79 Å². The Labute approximate surface area is 169 Å². The topological polar surface area (TPSA) is 78.4 Å². The Morgan fingerprint density at radius 3 is 2.68 bits per heavy atom. The summed E-state index contributed by atoms with van der Waals surface area (Å²) in [6, 6.07) is 7.51. The van der Waals surface area contributed by atoms with E-state index in [1.54, 1.807) is 31.5 Å². The Kier molecular flexibility index (Phi) is 9.43. The quantitative estimate of drug-likeness (QED) is 0.343. The minimum Gasteiger partial charge on any atom is -0.355 e. The van der Waals surface area contributed by atoms with Gasteiger partial charge in [-0.1, -0.05) is 19.1 Å². The number of amides is 1. The molecule has 0 fully saturated rings. The van der Waals surface area contributed by atoms with Crippen molar-refractivity contribution in [1.29, 1.82) is 0 Å². The van der Waals surface area contributed by atoms with E-state index in [0.717, 1.165) is 17.0 Å². The molecule has 1 amide bonds. The standard InChI is InChI=1S/C17H23N5OS.HI/c1-4-14-10-20-15(24-14)11-22-17(19-3)21-9-12-6-5-7-13(8-12)16(23)18-2;/h5-8,10H,4,9,11H2,1-3H3,(H,18,23)(H2,19,21,22);1H. The number of thiazole rings is 1. The van der Waals surface area contributed by atoms with E-state index >= 15 is 0 Å². The van der Waals surface area contributed by atoms with Crippen LogP contribution in [0.15, 0.2) is 35.5 Å². The van der Waals surface area contributed by atoms with Crippen molar-refractivity contribution in [3.8, 4) is 0 Å². The Hall–Kier alpha value is -1.68. The molecule has 0 saturated carbocycles. The normalized spacial score (nSPS) is 10.8. The molecule has 2 aromatic rings. The number of halogens is 1. The molecule has 0 unspecified atom stereocenters. The van der Waals surface area contributed by atoms with Crippen LogP contribution in [0.3, 0.4) is 0 Å². The van der Waals surface area contributed by atoms with Crippen molar-refractivity contribution >= 4 is 47.2 Å². The van der Waals surface area contributed by atoms with Crippen LogP contribution in [-0.4, -0.2) is 30.9 Å². The van der Waals surface area contributed by atoms with Gasteiger partial charge >= 0.3 is 0 Å². The first-order valence-corrected chi connectivity index (χ1v) is 8.67. The first kappa shape index (κ1) is 21.4. The van der Waals surface area contributed by atoms with Crippen LogP contribution in [0.5, 0.6) is 0 Å². The molecule has 0 atom stereocenters. The van der Waals surface area contributed by atoms with E-state index in [-0.39, 0.29) is 29.9 Å². The number of aromatic nitrogens is 1. The van der Waals surface area contributed by atoms with Crippen molar-refractivity contribution in [2.75, 3.05) is 14.1 Å². The summed E-state index contributed by atoms with van der Waals surface area (Å²) in [5.74, 6) is 0.614. The fourth-order valence-corrected chi connectivity index (χ4v) is 2.93. The molecule has 6 nitrogen and oxygen atoms in total. The number of guanidine groups is 1. The number of hydrogen-bond donors (Lipinski definition) is 3. The van der Waals surface area contributed by atoms with Crippen molar-refractivity contribution in [2.24, 2.45) is 4.99 Å². The van der Waals surface area contributed by atoms with Gasteiger partial charge in [-0.15, -0.1) is 35.3 Å². The van der Waals surface area contributed by atoms with E-state index < -0.39 is 0 Å². The molecule has 25 heavy (non-hydrogen) atoms. The summed E-state index contributed by atoms with van der Waals surface area (Å²) in [4.78, 5) is 21.5. The van der Waals surface area contributed by atoms with Crippen LogP contribution in [0.4, 0.5) is 0 Å². The largest absolute Gasteiger partial charge is 0.355 e. The summed E-state index contributed by atoms with van der Waals surface area (Å²) in [5, 5.41) is 10.2. The van der Waals surface area contributed by atoms with Crippen LogP contribution < -0.4 is 16.0 Å². The fourth-order valence-electron chi connectivity index (χ4n) is 2.13. The summed E-state index contributed by atoms with van der Waals surface area (Å²) in [7, 11) is 3.36. The number of aliphatic imine (C=N–C) groups is 1. The van der Waals surface area contributed by atoms with Crippen LogP contribution in [0, 0.1) is 0 Å². The number of nitrogens with one attached hydrogen (secondary N) is 3. The molecule has 3 N–H and O–H groups in total. The molecular weight excluding hydrogens is 449 g/mol. The van der Waals surface area contributed by atoms with E-state index in [1.165, 1.54) is 4.88 Å². The molecule has 0 spiro atoms. The second-order valence-corrected chi connectivity index (χ2v) is 6.33. The number of rotatable bonds is 6. The van der Waals surface area contributed by atoms with Crippen LogP contribution in [0.2, 0.25) is 0 Å². The SMILES string of the molecule is CCc1cnc(CNC(=NC)NCc2cccc(C(=O)NC)c2)s1.I. The lowest BCUT2D eigenvalue weighted by Crippen LogP contribution is -2.36. The minimum atomic E-state index is -0.0881. The smallest absolute Gasteiger partial charge is 0.251 e. The zero-order valence-corrected chi connectivity index (χ0v) is 17.8. The third-order valence-corrected chi connectivity index (χ3v) is 4.60. The molecule has 1 aromatic carbocycles. The van der Waals surface area contributed by atoms with E-state index in [1.807, 2.05) is 24.4 Å². The van der Waals surface area contributed by atoms with Gasteiger partial charge in [-0.25, -0.2) is 4.98 Å². The van der Waals surface area contributed by atoms with Crippen molar-refractivity contribution in [2.45, 2.75) is 26.4 Å². The molecule has 1 heterocycles. The number of carbonyl (C=O) groups is 1. The predicted octanol–water partition coefficient (Wildman–Crippen LogP) is 2.55. The Morgan fingerprint density at radius 2 is 2.04 bits per heavy atom. The number of carbonyl (C=O) groups excluding carboxylic acids is 1. The van der Waals surface area contributed by atoms with Gasteiger partial charge in [0.05, 0.1) is 6.54 Å². The van der Waals surface area contributed by atoms with Crippen LogP contribution in [-0.2, 0) is 19.5 Å². The van der Waals surface area contributed by atoms with Gasteiger partial charge in [0.1, 0.15) is 5.01 Å². The van der Waals surface area contributed by atoms with Crippen molar-refractivity contribution in [3.05, 3.63) is 51.5 Å². The predicted molar refractivity (Wildman–Crippen MR) is 114 cm³/mol. The first-order chi connectivity index (χ1) is 11.7. The average Bonchev–Trinajstić information content (AvgIpc) is 3.09. The molecule has 0 aliphatic rings. The van der Waals surface area contributed by atoms with Gasteiger partial charge in [-0.3, -0.25) is 9.79 Å². The van der Waals surface area contributed by atoms with Crippen LogP contribution >= 0.6 is 35.3 Å². The molecule has 0 bridgehead atoms. The maximum Gasteiger partial charge on any atom is 0.251 e. The van der Waals surface area contributed by atoms with E-state index in [0.29, 0.717) is 24.6 Å². The Bertz CT molecular complexity index is 717. The summed E-state index contributed by atoms with van der Waals surface area (Å²) in [6.07, 6.45) is 2.93. The van der Waals surface area contributed by atoms with Gasteiger partial charge in [0, 0.05) is 37.3 Å². The molecule has 1 aromatic heterocycles. The van der Waals surface area contributed by atoms with Gasteiger partial charge < -0.3 is 16.0 Å². The number of hydrogen-bond acceptors (Lipinski definition) is 4. The summed E-state index contributed by atoms with van der Waals surface area (Å²) in [5.41, 5.74) is 1.66. The summed E-state index contributed by atoms with van der Waals surface area (Å²) < 4.78 is 0. The second-order valence-electron chi connectivity index (χ2n) is 5.13.